The number of piperidine rings is 1. The Morgan fingerprint density at radius 2 is 1.50 bits per heavy atom. The molecule has 2 aromatic rings. The summed E-state index contributed by atoms with van der Waals surface area (Å²) in [6.07, 6.45) is 3.17. The molecule has 0 saturated carbocycles. The lowest BCUT2D eigenvalue weighted by molar-refractivity contribution is 0.236. The SMILES string of the molecule is O=C(NCCC(c1ccccc1)c1ccccc1)NCC1CCNCC1. The monoisotopic (exact) mass is 351 g/mol. The minimum absolute atomic E-state index is 0.0524. The summed E-state index contributed by atoms with van der Waals surface area (Å²) in [5.74, 6) is 0.894. The minimum Gasteiger partial charge on any atom is -0.338 e. The van der Waals surface area contributed by atoms with Crippen molar-refractivity contribution in [2.45, 2.75) is 25.2 Å². The molecule has 1 aliphatic heterocycles. The Hall–Kier alpha value is -2.33. The molecule has 3 rings (SSSR count). The number of amides is 2. The zero-order valence-electron chi connectivity index (χ0n) is 15.3. The summed E-state index contributed by atoms with van der Waals surface area (Å²) in [5, 5.41) is 9.41. The maximum absolute atomic E-state index is 12.1. The maximum Gasteiger partial charge on any atom is 0.314 e. The smallest absolute Gasteiger partial charge is 0.314 e. The van der Waals surface area contributed by atoms with Gasteiger partial charge in [-0.15, -0.1) is 0 Å². The summed E-state index contributed by atoms with van der Waals surface area (Å²) in [4.78, 5) is 12.1. The first-order chi connectivity index (χ1) is 12.8. The first kappa shape index (κ1) is 18.5. The van der Waals surface area contributed by atoms with Gasteiger partial charge in [-0.1, -0.05) is 60.7 Å². The van der Waals surface area contributed by atoms with Gasteiger partial charge in [-0.2, -0.15) is 0 Å². The summed E-state index contributed by atoms with van der Waals surface area (Å²) in [6, 6.07) is 21.0. The molecule has 0 atom stereocenters. The molecular formula is C22H29N3O. The molecule has 0 spiro atoms. The van der Waals surface area contributed by atoms with Crippen molar-refractivity contribution in [1.29, 1.82) is 0 Å². The second-order valence-corrected chi connectivity index (χ2v) is 6.99. The van der Waals surface area contributed by atoms with Crippen LogP contribution < -0.4 is 16.0 Å². The van der Waals surface area contributed by atoms with Crippen LogP contribution >= 0.6 is 0 Å². The van der Waals surface area contributed by atoms with E-state index in [1.807, 2.05) is 12.1 Å². The number of nitrogens with one attached hydrogen (secondary N) is 3. The van der Waals surface area contributed by atoms with Crippen molar-refractivity contribution >= 4 is 6.03 Å². The molecule has 2 aromatic carbocycles. The van der Waals surface area contributed by atoms with Crippen LogP contribution in [0.4, 0.5) is 4.79 Å². The Labute approximate surface area is 156 Å². The lowest BCUT2D eigenvalue weighted by Gasteiger charge is -2.23. The Morgan fingerprint density at radius 3 is 2.08 bits per heavy atom. The molecule has 4 nitrogen and oxygen atoms in total. The molecule has 3 N–H and O–H groups in total. The molecule has 0 aliphatic carbocycles. The van der Waals surface area contributed by atoms with Gasteiger partial charge in [-0.3, -0.25) is 0 Å². The molecule has 138 valence electrons. The Balaban J connectivity index is 1.49. The molecule has 1 aliphatic rings. The van der Waals surface area contributed by atoms with E-state index in [1.54, 1.807) is 0 Å². The molecule has 4 heteroatoms. The van der Waals surface area contributed by atoms with Gasteiger partial charge in [-0.05, 0) is 49.4 Å². The highest BCUT2D eigenvalue weighted by molar-refractivity contribution is 5.73. The van der Waals surface area contributed by atoms with Crippen LogP contribution in [0.1, 0.15) is 36.3 Å². The maximum atomic E-state index is 12.1. The lowest BCUT2D eigenvalue weighted by Crippen LogP contribution is -2.41. The second kappa shape index (κ2) is 9.97. The fourth-order valence-corrected chi connectivity index (χ4v) is 3.61. The highest BCUT2D eigenvalue weighted by Crippen LogP contribution is 2.27. The predicted octanol–water partition coefficient (Wildman–Crippen LogP) is 3.51. The summed E-state index contributed by atoms with van der Waals surface area (Å²) in [7, 11) is 0. The highest BCUT2D eigenvalue weighted by Gasteiger charge is 2.15. The van der Waals surface area contributed by atoms with Crippen molar-refractivity contribution in [2.24, 2.45) is 5.92 Å². The minimum atomic E-state index is -0.0524. The van der Waals surface area contributed by atoms with Crippen LogP contribution in [0.15, 0.2) is 60.7 Å². The third kappa shape index (κ3) is 5.60. The van der Waals surface area contributed by atoms with Crippen molar-refractivity contribution < 1.29 is 4.79 Å². The topological polar surface area (TPSA) is 53.2 Å². The van der Waals surface area contributed by atoms with Crippen LogP contribution in [0.3, 0.4) is 0 Å². The number of hydrogen-bond donors (Lipinski definition) is 3. The van der Waals surface area contributed by atoms with E-state index in [0.717, 1.165) is 38.9 Å². The largest absolute Gasteiger partial charge is 0.338 e. The molecule has 1 heterocycles. The first-order valence-electron chi connectivity index (χ1n) is 9.65. The standard InChI is InChI=1S/C22H29N3O/c26-22(25-17-18-11-14-23-15-12-18)24-16-13-21(19-7-3-1-4-8-19)20-9-5-2-6-10-20/h1-10,18,21,23H,11-17H2,(H2,24,25,26). The number of benzene rings is 2. The third-order valence-electron chi connectivity index (χ3n) is 5.13. The van der Waals surface area contributed by atoms with Gasteiger partial charge in [0.25, 0.3) is 0 Å². The van der Waals surface area contributed by atoms with Gasteiger partial charge in [0.1, 0.15) is 0 Å². The lowest BCUT2D eigenvalue weighted by atomic mass is 9.88. The van der Waals surface area contributed by atoms with Crippen LogP contribution in [-0.4, -0.2) is 32.2 Å². The van der Waals surface area contributed by atoms with E-state index in [4.69, 9.17) is 0 Å². The van der Waals surface area contributed by atoms with Gasteiger partial charge in [0.05, 0.1) is 0 Å². The quantitative estimate of drug-likeness (QED) is 0.715. The molecule has 2 amide bonds. The van der Waals surface area contributed by atoms with Gasteiger partial charge in [0, 0.05) is 19.0 Å². The van der Waals surface area contributed by atoms with E-state index in [1.165, 1.54) is 11.1 Å². The van der Waals surface area contributed by atoms with Gasteiger partial charge in [0.2, 0.25) is 0 Å². The van der Waals surface area contributed by atoms with E-state index >= 15 is 0 Å². The molecule has 26 heavy (non-hydrogen) atoms. The summed E-state index contributed by atoms with van der Waals surface area (Å²) < 4.78 is 0. The van der Waals surface area contributed by atoms with E-state index < -0.39 is 0 Å². The van der Waals surface area contributed by atoms with E-state index in [0.29, 0.717) is 18.4 Å². The van der Waals surface area contributed by atoms with Crippen molar-refractivity contribution in [2.75, 3.05) is 26.2 Å². The normalized spacial score (nSPS) is 15.0. The number of rotatable bonds is 7. The van der Waals surface area contributed by atoms with Crippen molar-refractivity contribution in [1.82, 2.24) is 16.0 Å². The van der Waals surface area contributed by atoms with Gasteiger partial charge < -0.3 is 16.0 Å². The molecule has 1 saturated heterocycles. The fourth-order valence-electron chi connectivity index (χ4n) is 3.61. The fraction of sp³-hybridized carbons (Fsp3) is 0.409. The van der Waals surface area contributed by atoms with Gasteiger partial charge >= 0.3 is 6.03 Å². The summed E-state index contributed by atoms with van der Waals surface area (Å²) >= 11 is 0. The van der Waals surface area contributed by atoms with Crippen LogP contribution in [0, 0.1) is 5.92 Å². The number of hydrogen-bond acceptors (Lipinski definition) is 2. The van der Waals surface area contributed by atoms with Crippen LogP contribution in [-0.2, 0) is 0 Å². The van der Waals surface area contributed by atoms with E-state index in [2.05, 4.69) is 64.5 Å². The molecule has 0 aromatic heterocycles. The Bertz CT molecular complexity index is 614. The highest BCUT2D eigenvalue weighted by atomic mass is 16.2. The number of carbonyl (C=O) groups excluding carboxylic acids is 1. The first-order valence-corrected chi connectivity index (χ1v) is 9.65. The Kier molecular flexibility index (Phi) is 7.08. The zero-order valence-corrected chi connectivity index (χ0v) is 15.3. The van der Waals surface area contributed by atoms with Gasteiger partial charge in [0.15, 0.2) is 0 Å². The molecule has 0 bridgehead atoms. The molecule has 0 unspecified atom stereocenters. The molecular weight excluding hydrogens is 322 g/mol. The molecule has 0 radical (unpaired) electrons. The number of carbonyl (C=O) groups is 1. The van der Waals surface area contributed by atoms with Crippen molar-refractivity contribution in [3.05, 3.63) is 71.8 Å². The van der Waals surface area contributed by atoms with Crippen LogP contribution in [0.25, 0.3) is 0 Å². The average molecular weight is 351 g/mol. The molecule has 1 fully saturated rings. The number of urea groups is 1. The third-order valence-corrected chi connectivity index (χ3v) is 5.13. The zero-order chi connectivity index (χ0) is 18.0. The summed E-state index contributed by atoms with van der Waals surface area (Å²) in [6.45, 7) is 3.55. The van der Waals surface area contributed by atoms with Crippen molar-refractivity contribution in [3.8, 4) is 0 Å². The van der Waals surface area contributed by atoms with E-state index in [9.17, 15) is 4.79 Å². The Morgan fingerprint density at radius 1 is 0.923 bits per heavy atom. The van der Waals surface area contributed by atoms with Gasteiger partial charge in [-0.25, -0.2) is 4.79 Å². The van der Waals surface area contributed by atoms with Crippen LogP contribution in [0.5, 0.6) is 0 Å². The second-order valence-electron chi connectivity index (χ2n) is 6.99. The van der Waals surface area contributed by atoms with E-state index in [-0.39, 0.29) is 6.03 Å². The van der Waals surface area contributed by atoms with Crippen LogP contribution in [0.2, 0.25) is 0 Å². The predicted molar refractivity (Wildman–Crippen MR) is 106 cm³/mol. The summed E-state index contributed by atoms with van der Waals surface area (Å²) in [5.41, 5.74) is 2.58. The average Bonchev–Trinajstić information content (AvgIpc) is 2.72. The van der Waals surface area contributed by atoms with Crippen molar-refractivity contribution in [3.63, 3.8) is 0 Å².